The van der Waals surface area contributed by atoms with Crippen LogP contribution in [0, 0.1) is 5.92 Å². The van der Waals surface area contributed by atoms with Gasteiger partial charge < -0.3 is 26.5 Å². The first kappa shape index (κ1) is 22.0. The summed E-state index contributed by atoms with van der Waals surface area (Å²) >= 11 is 2.86. The molecule has 0 saturated heterocycles. The summed E-state index contributed by atoms with van der Waals surface area (Å²) in [4.78, 5) is 37.7. The van der Waals surface area contributed by atoms with Gasteiger partial charge in [-0.2, -0.15) is 0 Å². The molecule has 11 heteroatoms. The maximum atomic E-state index is 12.1. The van der Waals surface area contributed by atoms with Crippen LogP contribution in [0.5, 0.6) is 0 Å². The van der Waals surface area contributed by atoms with Crippen LogP contribution < -0.4 is 21.2 Å². The van der Waals surface area contributed by atoms with Gasteiger partial charge in [-0.15, -0.1) is 11.3 Å². The number of amides is 1. The third kappa shape index (κ3) is 4.49. The van der Waals surface area contributed by atoms with Gasteiger partial charge in [-0.25, -0.2) is 9.97 Å². The van der Waals surface area contributed by atoms with Crippen molar-refractivity contribution in [3.8, 4) is 0 Å². The Morgan fingerprint density at radius 1 is 1.33 bits per heavy atom. The Morgan fingerprint density at radius 2 is 2.21 bits per heavy atom. The van der Waals surface area contributed by atoms with Crippen molar-refractivity contribution in [2.45, 2.75) is 31.7 Å². The van der Waals surface area contributed by atoms with Crippen molar-refractivity contribution in [3.05, 3.63) is 44.6 Å². The normalized spacial score (nSPS) is 16.6. The van der Waals surface area contributed by atoms with Crippen molar-refractivity contribution in [2.75, 3.05) is 18.5 Å². The number of nitrogens with two attached hydrogens (primary N) is 1. The van der Waals surface area contributed by atoms with Crippen LogP contribution >= 0.6 is 22.7 Å². The van der Waals surface area contributed by atoms with Crippen LogP contribution in [0.25, 0.3) is 20.4 Å². The number of hydrogen-bond donors (Lipinski definition) is 5. The number of aliphatic hydroxyl groups is 1. The van der Waals surface area contributed by atoms with Gasteiger partial charge in [0.15, 0.2) is 0 Å². The predicted octanol–water partition coefficient (Wildman–Crippen LogP) is 2.27. The van der Waals surface area contributed by atoms with Crippen LogP contribution in [-0.2, 0) is 17.6 Å². The summed E-state index contributed by atoms with van der Waals surface area (Å²) in [5.41, 5.74) is 8.74. The van der Waals surface area contributed by atoms with Crippen LogP contribution in [-0.4, -0.2) is 45.2 Å². The first-order valence-corrected chi connectivity index (χ1v) is 12.4. The van der Waals surface area contributed by atoms with Gasteiger partial charge in [-0.3, -0.25) is 9.59 Å². The quantitative estimate of drug-likeness (QED) is 0.270. The fourth-order valence-corrected chi connectivity index (χ4v) is 6.33. The zero-order valence-corrected chi connectivity index (χ0v) is 19.4. The number of H-pyrrole nitrogens is 1. The fraction of sp³-hybridized carbons (Fsp3) is 0.364. The third-order valence-electron chi connectivity index (χ3n) is 5.97. The highest BCUT2D eigenvalue weighted by molar-refractivity contribution is 7.19. The topological polar surface area (TPSA) is 146 Å². The molecular weight excluding hydrogens is 460 g/mol. The highest BCUT2D eigenvalue weighted by atomic mass is 32.1. The molecule has 1 aliphatic carbocycles. The number of aliphatic hydroxyl groups excluding tert-OH is 1. The average Bonchev–Trinajstić information content (AvgIpc) is 3.36. The van der Waals surface area contributed by atoms with Crippen molar-refractivity contribution in [3.63, 3.8) is 0 Å². The van der Waals surface area contributed by atoms with Gasteiger partial charge in [0.05, 0.1) is 21.6 Å². The van der Waals surface area contributed by atoms with E-state index in [9.17, 15) is 9.59 Å². The molecule has 1 aliphatic rings. The molecule has 3 heterocycles. The summed E-state index contributed by atoms with van der Waals surface area (Å²) in [5.74, 6) is 0.883. The SMILES string of the molecule is N[C@@H](CCO)C(=O)NC[C@@H]1CCc2c(sc3ncnc(Nc4ccc5[nH]c(=O)sc5c4)c23)C1. The average molecular weight is 485 g/mol. The van der Waals surface area contributed by atoms with Crippen molar-refractivity contribution in [2.24, 2.45) is 11.7 Å². The number of nitrogens with one attached hydrogen (secondary N) is 3. The minimum atomic E-state index is -0.672. The van der Waals surface area contributed by atoms with Crippen LogP contribution in [0.4, 0.5) is 11.5 Å². The molecule has 172 valence electrons. The number of fused-ring (bicyclic) bond motifs is 4. The number of hydrogen-bond acceptors (Lipinski definition) is 9. The summed E-state index contributed by atoms with van der Waals surface area (Å²) < 4.78 is 0.895. The molecule has 0 saturated carbocycles. The van der Waals surface area contributed by atoms with Gasteiger partial charge >= 0.3 is 4.87 Å². The van der Waals surface area contributed by atoms with Gasteiger partial charge in [0.25, 0.3) is 0 Å². The number of thiophene rings is 1. The monoisotopic (exact) mass is 484 g/mol. The molecule has 1 amide bonds. The molecule has 0 spiro atoms. The predicted molar refractivity (Wildman–Crippen MR) is 131 cm³/mol. The van der Waals surface area contributed by atoms with Crippen LogP contribution in [0.15, 0.2) is 29.3 Å². The zero-order valence-electron chi connectivity index (χ0n) is 17.8. The van der Waals surface area contributed by atoms with E-state index in [0.29, 0.717) is 12.5 Å². The summed E-state index contributed by atoms with van der Waals surface area (Å²) in [6.07, 6.45) is 4.54. The molecule has 33 heavy (non-hydrogen) atoms. The van der Waals surface area contributed by atoms with Gasteiger partial charge in [-0.05, 0) is 55.4 Å². The van der Waals surface area contributed by atoms with Crippen molar-refractivity contribution in [1.29, 1.82) is 0 Å². The van der Waals surface area contributed by atoms with Gasteiger partial charge in [-0.1, -0.05) is 11.3 Å². The lowest BCUT2D eigenvalue weighted by atomic mass is 9.87. The Labute approximate surface area is 197 Å². The Hall–Kier alpha value is -2.86. The highest BCUT2D eigenvalue weighted by Gasteiger charge is 2.26. The lowest BCUT2D eigenvalue weighted by molar-refractivity contribution is -0.122. The second-order valence-corrected chi connectivity index (χ2v) is 10.3. The molecule has 5 rings (SSSR count). The summed E-state index contributed by atoms with van der Waals surface area (Å²) in [6.45, 7) is 0.474. The number of aryl methyl sites for hydroxylation is 1. The highest BCUT2D eigenvalue weighted by Crippen LogP contribution is 2.40. The summed E-state index contributed by atoms with van der Waals surface area (Å²) in [5, 5.41) is 16.3. The second-order valence-electron chi connectivity index (χ2n) is 8.23. The number of nitrogens with zero attached hydrogens (tertiary/aromatic N) is 2. The maximum absolute atomic E-state index is 12.1. The Kier molecular flexibility index (Phi) is 6.11. The first-order valence-electron chi connectivity index (χ1n) is 10.8. The van der Waals surface area contributed by atoms with E-state index < -0.39 is 6.04 Å². The fourth-order valence-electron chi connectivity index (χ4n) is 4.25. The minimum Gasteiger partial charge on any atom is -0.396 e. The van der Waals surface area contributed by atoms with Crippen LogP contribution in [0.2, 0.25) is 0 Å². The van der Waals surface area contributed by atoms with Crippen molar-refractivity contribution < 1.29 is 9.90 Å². The molecule has 1 aromatic carbocycles. The Morgan fingerprint density at radius 3 is 3.06 bits per heavy atom. The van der Waals surface area contributed by atoms with Gasteiger partial charge in [0.2, 0.25) is 5.91 Å². The van der Waals surface area contributed by atoms with E-state index in [4.69, 9.17) is 10.8 Å². The molecule has 0 bridgehead atoms. The number of benzene rings is 1. The lowest BCUT2D eigenvalue weighted by Gasteiger charge is -2.23. The van der Waals surface area contributed by atoms with Crippen LogP contribution in [0.1, 0.15) is 23.3 Å². The summed E-state index contributed by atoms with van der Waals surface area (Å²) in [7, 11) is 0. The Bertz CT molecular complexity index is 1380. The van der Waals surface area contributed by atoms with E-state index in [1.165, 1.54) is 21.8 Å². The second kappa shape index (κ2) is 9.18. The number of carbonyl (C=O) groups is 1. The van der Waals surface area contributed by atoms with E-state index in [0.717, 1.165) is 51.2 Å². The summed E-state index contributed by atoms with van der Waals surface area (Å²) in [6, 6.07) is 5.10. The number of aromatic amines is 1. The van der Waals surface area contributed by atoms with Crippen molar-refractivity contribution in [1.82, 2.24) is 20.3 Å². The Balaban J connectivity index is 1.35. The van der Waals surface area contributed by atoms with E-state index in [1.807, 2.05) is 18.2 Å². The van der Waals surface area contributed by atoms with E-state index >= 15 is 0 Å². The smallest absolute Gasteiger partial charge is 0.305 e. The largest absolute Gasteiger partial charge is 0.396 e. The van der Waals surface area contributed by atoms with E-state index in [1.54, 1.807) is 17.7 Å². The molecule has 9 nitrogen and oxygen atoms in total. The van der Waals surface area contributed by atoms with Gasteiger partial charge in [0.1, 0.15) is 17.0 Å². The molecular formula is C22H24N6O3S2. The molecule has 0 fully saturated rings. The van der Waals surface area contributed by atoms with E-state index in [-0.39, 0.29) is 23.8 Å². The minimum absolute atomic E-state index is 0.0698. The molecule has 0 unspecified atom stereocenters. The number of aromatic nitrogens is 3. The van der Waals surface area contributed by atoms with Crippen molar-refractivity contribution >= 4 is 60.5 Å². The zero-order chi connectivity index (χ0) is 22.9. The first-order chi connectivity index (χ1) is 16.0. The third-order valence-corrected chi connectivity index (χ3v) is 7.98. The number of carbonyl (C=O) groups excluding carboxylic acids is 1. The lowest BCUT2D eigenvalue weighted by Crippen LogP contribution is -2.43. The molecule has 0 radical (unpaired) electrons. The number of anilines is 2. The molecule has 3 aromatic heterocycles. The number of thiazole rings is 1. The van der Waals surface area contributed by atoms with Gasteiger partial charge in [0, 0.05) is 23.7 Å². The molecule has 6 N–H and O–H groups in total. The molecule has 2 atom stereocenters. The standard InChI is InChI=1S/C22H24N6O3S2/c23-14(5-6-29)20(30)24-9-11-1-3-13-16(7-11)32-21-18(13)19(25-10-26-21)27-12-2-4-15-17(8-12)33-22(31)28-15/h2,4,8,10-11,14,29H,1,3,5-7,9,23H2,(H,24,30)(H,28,31)(H,25,26,27)/t11-,14+/m1/s1. The number of rotatable bonds is 7. The molecule has 4 aromatic rings. The van der Waals surface area contributed by atoms with E-state index in [2.05, 4.69) is 25.6 Å². The van der Waals surface area contributed by atoms with Crippen LogP contribution in [0.3, 0.4) is 0 Å². The maximum Gasteiger partial charge on any atom is 0.305 e. The molecule has 0 aliphatic heterocycles.